The van der Waals surface area contributed by atoms with E-state index >= 15 is 0 Å². The fraction of sp³-hybridized carbons (Fsp3) is 0.409. The van der Waals surface area contributed by atoms with Crippen LogP contribution in [0.3, 0.4) is 0 Å². The lowest BCUT2D eigenvalue weighted by Crippen LogP contribution is -2.28. The van der Waals surface area contributed by atoms with E-state index in [1.165, 1.54) is 11.8 Å². The average Bonchev–Trinajstić information content (AvgIpc) is 3.45. The minimum atomic E-state index is -0.0533. The van der Waals surface area contributed by atoms with Crippen molar-refractivity contribution in [2.45, 2.75) is 44.3 Å². The first-order valence-electron chi connectivity index (χ1n) is 10.1. The van der Waals surface area contributed by atoms with Crippen LogP contribution in [-0.2, 0) is 4.79 Å². The summed E-state index contributed by atoms with van der Waals surface area (Å²) in [7, 11) is 0. The Labute approximate surface area is 174 Å². The van der Waals surface area contributed by atoms with Crippen molar-refractivity contribution in [2.24, 2.45) is 5.92 Å². The summed E-state index contributed by atoms with van der Waals surface area (Å²) in [6.07, 6.45) is 4.76. The molecule has 4 rings (SSSR count). The zero-order valence-corrected chi connectivity index (χ0v) is 17.6. The molecule has 152 valence electrons. The Kier molecular flexibility index (Phi) is 5.76. The van der Waals surface area contributed by atoms with Crippen LogP contribution in [-0.4, -0.2) is 32.7 Å². The van der Waals surface area contributed by atoms with Crippen LogP contribution in [0.5, 0.6) is 0 Å². The first-order chi connectivity index (χ1) is 14.0. The maximum absolute atomic E-state index is 13.1. The average molecular weight is 411 g/mol. The number of aromatic nitrogens is 3. The summed E-state index contributed by atoms with van der Waals surface area (Å²) in [5.74, 6) is 0.787. The molecule has 1 fully saturated rings. The molecule has 3 aromatic rings. The molecule has 0 spiro atoms. The molecule has 1 aliphatic carbocycles. The summed E-state index contributed by atoms with van der Waals surface area (Å²) in [5, 5.41) is 3.58. The Bertz CT molecular complexity index is 1070. The number of aromatic amines is 1. The number of benzene rings is 1. The van der Waals surface area contributed by atoms with Crippen molar-refractivity contribution >= 4 is 28.7 Å². The van der Waals surface area contributed by atoms with Gasteiger partial charge in [0.2, 0.25) is 5.91 Å². The zero-order valence-electron chi connectivity index (χ0n) is 16.8. The van der Waals surface area contributed by atoms with E-state index in [9.17, 15) is 9.59 Å². The van der Waals surface area contributed by atoms with Crippen LogP contribution in [0, 0.1) is 5.92 Å². The van der Waals surface area contributed by atoms with E-state index in [0.717, 1.165) is 30.4 Å². The Morgan fingerprint density at radius 1 is 1.31 bits per heavy atom. The first-order valence-corrected chi connectivity index (χ1v) is 11.1. The molecule has 0 saturated heterocycles. The molecule has 1 saturated carbocycles. The number of hydrogen-bond donors (Lipinski definition) is 2. The van der Waals surface area contributed by atoms with Crippen LogP contribution >= 0.6 is 11.8 Å². The number of carbonyl (C=O) groups is 1. The van der Waals surface area contributed by atoms with Gasteiger partial charge in [0.15, 0.2) is 5.16 Å². The van der Waals surface area contributed by atoms with Crippen molar-refractivity contribution in [2.75, 3.05) is 12.3 Å². The van der Waals surface area contributed by atoms with Gasteiger partial charge in [-0.05, 0) is 30.7 Å². The number of rotatable bonds is 8. The minimum absolute atomic E-state index is 0.0234. The summed E-state index contributed by atoms with van der Waals surface area (Å²) in [6.45, 7) is 4.94. The van der Waals surface area contributed by atoms with Crippen LogP contribution < -0.4 is 10.9 Å². The van der Waals surface area contributed by atoms with E-state index in [1.54, 1.807) is 4.57 Å². The van der Waals surface area contributed by atoms with Gasteiger partial charge in [0.25, 0.3) is 5.56 Å². The lowest BCUT2D eigenvalue weighted by Gasteiger charge is -2.12. The SMILES string of the molecule is CC(C)CCNC(=O)CSc1nc2c(-c3ccccc3)c[nH]c2c(=O)n1C1CC1. The van der Waals surface area contributed by atoms with Crippen LogP contribution in [0.25, 0.3) is 22.2 Å². The number of nitrogens with one attached hydrogen (secondary N) is 2. The number of H-pyrrole nitrogens is 1. The van der Waals surface area contributed by atoms with Gasteiger partial charge in [-0.3, -0.25) is 14.2 Å². The van der Waals surface area contributed by atoms with Crippen molar-refractivity contribution in [1.29, 1.82) is 0 Å². The first kappa shape index (κ1) is 19.8. The maximum Gasteiger partial charge on any atom is 0.278 e. The molecular formula is C22H26N4O2S. The second-order valence-electron chi connectivity index (χ2n) is 7.91. The molecule has 1 aliphatic rings. The van der Waals surface area contributed by atoms with Crippen LogP contribution in [0.2, 0.25) is 0 Å². The number of carbonyl (C=O) groups excluding carboxylic acids is 1. The molecule has 6 nitrogen and oxygen atoms in total. The predicted octanol–water partition coefficient (Wildman–Crippen LogP) is 3.98. The summed E-state index contributed by atoms with van der Waals surface area (Å²) in [6, 6.07) is 10.1. The van der Waals surface area contributed by atoms with Crippen molar-refractivity contribution in [1.82, 2.24) is 19.9 Å². The summed E-state index contributed by atoms with van der Waals surface area (Å²) in [4.78, 5) is 33.3. The molecule has 1 amide bonds. The highest BCUT2D eigenvalue weighted by atomic mass is 32.2. The van der Waals surface area contributed by atoms with Crippen LogP contribution in [0.1, 0.15) is 39.2 Å². The van der Waals surface area contributed by atoms with Crippen LogP contribution in [0.15, 0.2) is 46.5 Å². The molecule has 2 N–H and O–H groups in total. The van der Waals surface area contributed by atoms with Gasteiger partial charge in [-0.15, -0.1) is 0 Å². The number of amides is 1. The summed E-state index contributed by atoms with van der Waals surface area (Å²) >= 11 is 1.34. The second kappa shape index (κ2) is 8.45. The zero-order chi connectivity index (χ0) is 20.4. The third-order valence-electron chi connectivity index (χ3n) is 5.07. The Morgan fingerprint density at radius 2 is 2.07 bits per heavy atom. The normalized spacial score (nSPS) is 13.9. The lowest BCUT2D eigenvalue weighted by molar-refractivity contribution is -0.118. The largest absolute Gasteiger partial charge is 0.355 e. The molecule has 29 heavy (non-hydrogen) atoms. The standard InChI is InChI=1S/C22H26N4O2S/c1-14(2)10-11-23-18(27)13-29-22-25-19-17(15-6-4-3-5-7-15)12-24-20(19)21(28)26(22)16-8-9-16/h3-7,12,14,16,24H,8-11,13H2,1-2H3,(H,23,27). The monoisotopic (exact) mass is 410 g/mol. The molecule has 2 aromatic heterocycles. The molecular weight excluding hydrogens is 384 g/mol. The van der Waals surface area contributed by atoms with E-state index < -0.39 is 0 Å². The van der Waals surface area contributed by atoms with Gasteiger partial charge >= 0.3 is 0 Å². The summed E-state index contributed by atoms with van der Waals surface area (Å²) < 4.78 is 1.76. The van der Waals surface area contributed by atoms with E-state index in [-0.39, 0.29) is 23.3 Å². The van der Waals surface area contributed by atoms with E-state index in [4.69, 9.17) is 4.98 Å². The maximum atomic E-state index is 13.1. The quantitative estimate of drug-likeness (QED) is 0.435. The molecule has 0 atom stereocenters. The van der Waals surface area contributed by atoms with Gasteiger partial charge in [-0.2, -0.15) is 0 Å². The van der Waals surface area contributed by atoms with E-state index in [2.05, 4.69) is 24.1 Å². The van der Waals surface area contributed by atoms with Gasteiger partial charge in [0.1, 0.15) is 11.0 Å². The van der Waals surface area contributed by atoms with Gasteiger partial charge in [0.05, 0.1) is 5.75 Å². The van der Waals surface area contributed by atoms with Gasteiger partial charge in [-0.25, -0.2) is 4.98 Å². The molecule has 0 bridgehead atoms. The molecule has 0 radical (unpaired) electrons. The third-order valence-corrected chi connectivity index (χ3v) is 6.02. The third kappa shape index (κ3) is 4.40. The highest BCUT2D eigenvalue weighted by Gasteiger charge is 2.29. The number of nitrogens with zero attached hydrogens (tertiary/aromatic N) is 2. The molecule has 0 aliphatic heterocycles. The highest BCUT2D eigenvalue weighted by molar-refractivity contribution is 7.99. The summed E-state index contributed by atoms with van der Waals surface area (Å²) in [5.41, 5.74) is 3.06. The molecule has 0 unspecified atom stereocenters. The molecule has 7 heteroatoms. The highest BCUT2D eigenvalue weighted by Crippen LogP contribution is 2.37. The minimum Gasteiger partial charge on any atom is -0.355 e. The topological polar surface area (TPSA) is 79.8 Å². The molecule has 2 heterocycles. The van der Waals surface area contributed by atoms with Crippen LogP contribution in [0.4, 0.5) is 0 Å². The predicted molar refractivity (Wildman–Crippen MR) is 117 cm³/mol. The number of fused-ring (bicyclic) bond motifs is 1. The Hall–Kier alpha value is -2.54. The Morgan fingerprint density at radius 3 is 2.76 bits per heavy atom. The van der Waals surface area contributed by atoms with E-state index in [1.807, 2.05) is 36.5 Å². The Balaban J connectivity index is 1.63. The molecule has 1 aromatic carbocycles. The smallest absolute Gasteiger partial charge is 0.278 e. The van der Waals surface area contributed by atoms with Gasteiger partial charge < -0.3 is 10.3 Å². The fourth-order valence-corrected chi connectivity index (χ4v) is 4.22. The van der Waals surface area contributed by atoms with Crippen molar-refractivity contribution in [3.05, 3.63) is 46.9 Å². The number of hydrogen-bond acceptors (Lipinski definition) is 4. The van der Waals surface area contributed by atoms with Gasteiger partial charge in [0, 0.05) is 24.3 Å². The van der Waals surface area contributed by atoms with Gasteiger partial charge in [-0.1, -0.05) is 55.9 Å². The van der Waals surface area contributed by atoms with Crippen molar-refractivity contribution in [3.63, 3.8) is 0 Å². The second-order valence-corrected chi connectivity index (χ2v) is 8.86. The van der Waals surface area contributed by atoms with E-state index in [0.29, 0.717) is 28.7 Å². The van der Waals surface area contributed by atoms with Crippen molar-refractivity contribution < 1.29 is 4.79 Å². The lowest BCUT2D eigenvalue weighted by atomic mass is 10.1. The fourth-order valence-electron chi connectivity index (χ4n) is 3.33. The van der Waals surface area contributed by atoms with Crippen molar-refractivity contribution in [3.8, 4) is 11.1 Å². The number of thioether (sulfide) groups is 1.